The standard InChI is InChI=1S/C8H12N2O2S/c1-7(8(11)12)13-6-5-10-4-2-3-9-10/h2-4,7H,5-6H2,1H3,(H,11,12). The van der Waals surface area contributed by atoms with E-state index in [4.69, 9.17) is 5.11 Å². The molecule has 0 fully saturated rings. The molecule has 0 aliphatic heterocycles. The second-order valence-electron chi connectivity index (χ2n) is 2.62. The van der Waals surface area contributed by atoms with E-state index in [2.05, 4.69) is 5.10 Å². The molecule has 72 valence electrons. The van der Waals surface area contributed by atoms with E-state index < -0.39 is 5.97 Å². The fraction of sp³-hybridized carbons (Fsp3) is 0.500. The lowest BCUT2D eigenvalue weighted by Gasteiger charge is -2.05. The summed E-state index contributed by atoms with van der Waals surface area (Å²) in [5.74, 6) is 0.0141. The number of carboxylic acids is 1. The smallest absolute Gasteiger partial charge is 0.316 e. The van der Waals surface area contributed by atoms with Crippen molar-refractivity contribution in [1.29, 1.82) is 0 Å². The summed E-state index contributed by atoms with van der Waals surface area (Å²) in [6, 6.07) is 1.85. The van der Waals surface area contributed by atoms with Crippen molar-refractivity contribution in [2.24, 2.45) is 0 Å². The zero-order chi connectivity index (χ0) is 9.68. The van der Waals surface area contributed by atoms with Gasteiger partial charge in [-0.3, -0.25) is 9.48 Å². The van der Waals surface area contributed by atoms with Crippen molar-refractivity contribution < 1.29 is 9.90 Å². The molecule has 1 aromatic heterocycles. The normalized spacial score (nSPS) is 12.7. The highest BCUT2D eigenvalue weighted by atomic mass is 32.2. The number of carbonyl (C=O) groups is 1. The molecule has 0 saturated carbocycles. The minimum Gasteiger partial charge on any atom is -0.480 e. The van der Waals surface area contributed by atoms with Crippen LogP contribution in [0.15, 0.2) is 18.5 Å². The summed E-state index contributed by atoms with van der Waals surface area (Å²) in [5.41, 5.74) is 0. The van der Waals surface area contributed by atoms with Gasteiger partial charge in [-0.05, 0) is 13.0 Å². The van der Waals surface area contributed by atoms with Crippen LogP contribution in [0.5, 0.6) is 0 Å². The van der Waals surface area contributed by atoms with Gasteiger partial charge in [0.25, 0.3) is 0 Å². The van der Waals surface area contributed by atoms with Crippen LogP contribution in [0.4, 0.5) is 0 Å². The Hall–Kier alpha value is -0.970. The van der Waals surface area contributed by atoms with Gasteiger partial charge >= 0.3 is 5.97 Å². The van der Waals surface area contributed by atoms with Crippen molar-refractivity contribution >= 4 is 17.7 Å². The van der Waals surface area contributed by atoms with Crippen LogP contribution in [-0.2, 0) is 11.3 Å². The Labute approximate surface area is 80.9 Å². The number of thioether (sulfide) groups is 1. The average molecular weight is 200 g/mol. The van der Waals surface area contributed by atoms with Gasteiger partial charge in [-0.2, -0.15) is 5.10 Å². The fourth-order valence-electron chi connectivity index (χ4n) is 0.827. The highest BCUT2D eigenvalue weighted by molar-refractivity contribution is 8.00. The molecule has 1 heterocycles. The predicted octanol–water partition coefficient (Wildman–Crippen LogP) is 1.09. The van der Waals surface area contributed by atoms with E-state index >= 15 is 0 Å². The van der Waals surface area contributed by atoms with Gasteiger partial charge < -0.3 is 5.11 Å². The van der Waals surface area contributed by atoms with Crippen molar-refractivity contribution in [3.05, 3.63) is 18.5 Å². The van der Waals surface area contributed by atoms with Crippen molar-refractivity contribution in [3.8, 4) is 0 Å². The highest BCUT2D eigenvalue weighted by Gasteiger charge is 2.10. The summed E-state index contributed by atoms with van der Waals surface area (Å²) in [5, 5.41) is 12.3. The number of aromatic nitrogens is 2. The van der Waals surface area contributed by atoms with E-state index in [9.17, 15) is 4.79 Å². The third-order valence-corrected chi connectivity index (χ3v) is 2.72. The molecule has 0 aliphatic rings. The lowest BCUT2D eigenvalue weighted by atomic mass is 10.5. The Morgan fingerprint density at radius 1 is 1.77 bits per heavy atom. The van der Waals surface area contributed by atoms with Crippen LogP contribution < -0.4 is 0 Å². The zero-order valence-corrected chi connectivity index (χ0v) is 8.20. The average Bonchev–Trinajstić information content (AvgIpc) is 2.56. The molecule has 0 saturated heterocycles. The van der Waals surface area contributed by atoms with Crippen LogP contribution in [0, 0.1) is 0 Å². The van der Waals surface area contributed by atoms with Gasteiger partial charge in [0.05, 0.1) is 5.25 Å². The molecule has 1 unspecified atom stereocenters. The van der Waals surface area contributed by atoms with E-state index in [0.717, 1.165) is 12.3 Å². The molecule has 1 aromatic rings. The second-order valence-corrected chi connectivity index (χ2v) is 4.07. The van der Waals surface area contributed by atoms with Gasteiger partial charge in [0.15, 0.2) is 0 Å². The van der Waals surface area contributed by atoms with Crippen molar-refractivity contribution in [3.63, 3.8) is 0 Å². The van der Waals surface area contributed by atoms with Crippen LogP contribution in [0.2, 0.25) is 0 Å². The lowest BCUT2D eigenvalue weighted by molar-refractivity contribution is -0.136. The topological polar surface area (TPSA) is 55.1 Å². The van der Waals surface area contributed by atoms with Gasteiger partial charge in [0.2, 0.25) is 0 Å². The molecule has 0 spiro atoms. The maximum absolute atomic E-state index is 10.4. The molecule has 0 radical (unpaired) electrons. The minimum absolute atomic E-state index is 0.337. The second kappa shape index (κ2) is 4.91. The summed E-state index contributed by atoms with van der Waals surface area (Å²) >= 11 is 1.42. The Morgan fingerprint density at radius 2 is 2.54 bits per heavy atom. The van der Waals surface area contributed by atoms with E-state index in [1.165, 1.54) is 11.8 Å². The number of nitrogens with zero attached hydrogens (tertiary/aromatic N) is 2. The summed E-state index contributed by atoms with van der Waals surface area (Å²) in [7, 11) is 0. The van der Waals surface area contributed by atoms with Gasteiger partial charge in [-0.1, -0.05) is 0 Å². The van der Waals surface area contributed by atoms with Gasteiger partial charge in [-0.25, -0.2) is 0 Å². The van der Waals surface area contributed by atoms with Gasteiger partial charge in [0, 0.05) is 24.7 Å². The first kappa shape index (κ1) is 10.1. The highest BCUT2D eigenvalue weighted by Crippen LogP contribution is 2.10. The van der Waals surface area contributed by atoms with Crippen LogP contribution in [0.25, 0.3) is 0 Å². The largest absolute Gasteiger partial charge is 0.480 e. The predicted molar refractivity (Wildman–Crippen MR) is 51.8 cm³/mol. The molecule has 0 aliphatic carbocycles. The summed E-state index contributed by atoms with van der Waals surface area (Å²) in [4.78, 5) is 10.4. The number of rotatable bonds is 5. The summed E-state index contributed by atoms with van der Waals surface area (Å²) in [6.45, 7) is 2.45. The van der Waals surface area contributed by atoms with Crippen LogP contribution in [-0.4, -0.2) is 31.9 Å². The molecular formula is C8H12N2O2S. The van der Waals surface area contributed by atoms with Crippen molar-refractivity contribution in [2.45, 2.75) is 18.7 Å². The molecule has 0 bridgehead atoms. The molecule has 5 heteroatoms. The minimum atomic E-state index is -0.759. The van der Waals surface area contributed by atoms with Crippen molar-refractivity contribution in [2.75, 3.05) is 5.75 Å². The molecule has 1 N–H and O–H groups in total. The maximum Gasteiger partial charge on any atom is 0.316 e. The first-order valence-electron chi connectivity index (χ1n) is 4.02. The Bertz CT molecular complexity index is 261. The number of carboxylic acid groups (broad SMARTS) is 1. The molecule has 1 rings (SSSR count). The van der Waals surface area contributed by atoms with E-state index in [1.54, 1.807) is 17.8 Å². The Kier molecular flexibility index (Phi) is 3.82. The number of hydrogen-bond donors (Lipinski definition) is 1. The lowest BCUT2D eigenvalue weighted by Crippen LogP contribution is -2.13. The van der Waals surface area contributed by atoms with Gasteiger partial charge in [-0.15, -0.1) is 11.8 Å². The first-order chi connectivity index (χ1) is 6.20. The van der Waals surface area contributed by atoms with E-state index in [0.29, 0.717) is 0 Å². The monoisotopic (exact) mass is 200 g/mol. The Morgan fingerprint density at radius 3 is 3.08 bits per heavy atom. The Balaban J connectivity index is 2.18. The summed E-state index contributed by atoms with van der Waals surface area (Å²) < 4.78 is 1.79. The quantitative estimate of drug-likeness (QED) is 0.773. The van der Waals surface area contributed by atoms with Crippen LogP contribution in [0.1, 0.15) is 6.92 Å². The van der Waals surface area contributed by atoms with Crippen molar-refractivity contribution in [1.82, 2.24) is 9.78 Å². The number of aryl methyl sites for hydroxylation is 1. The SMILES string of the molecule is CC(SCCn1cccn1)C(=O)O. The number of hydrogen-bond acceptors (Lipinski definition) is 3. The molecule has 4 nitrogen and oxygen atoms in total. The first-order valence-corrected chi connectivity index (χ1v) is 5.07. The van der Waals surface area contributed by atoms with Crippen LogP contribution in [0.3, 0.4) is 0 Å². The van der Waals surface area contributed by atoms with Gasteiger partial charge in [0.1, 0.15) is 0 Å². The third-order valence-electron chi connectivity index (χ3n) is 1.60. The third kappa shape index (κ3) is 3.50. The fourth-order valence-corrected chi connectivity index (χ4v) is 1.62. The molecule has 1 atom stereocenters. The van der Waals surface area contributed by atoms with E-state index in [-0.39, 0.29) is 5.25 Å². The molecule has 0 amide bonds. The summed E-state index contributed by atoms with van der Waals surface area (Å²) in [6.07, 6.45) is 3.58. The maximum atomic E-state index is 10.4. The molecule has 13 heavy (non-hydrogen) atoms. The zero-order valence-electron chi connectivity index (χ0n) is 7.38. The van der Waals surface area contributed by atoms with Crippen LogP contribution >= 0.6 is 11.8 Å². The molecule has 0 aromatic carbocycles. The number of aliphatic carboxylic acids is 1. The van der Waals surface area contributed by atoms with E-state index in [1.807, 2.05) is 12.3 Å². The molecular weight excluding hydrogens is 188 g/mol.